The lowest BCUT2D eigenvalue weighted by molar-refractivity contribution is 0.1000. The second-order valence-corrected chi connectivity index (χ2v) is 6.09. The lowest BCUT2D eigenvalue weighted by atomic mass is 9.87. The number of carbonyl (C=O) groups excluding carboxylic acids is 1. The van der Waals surface area contributed by atoms with Gasteiger partial charge < -0.3 is 10.5 Å². The van der Waals surface area contributed by atoms with Crippen LogP contribution < -0.4 is 10.5 Å². The first kappa shape index (κ1) is 14.0. The van der Waals surface area contributed by atoms with E-state index in [4.69, 9.17) is 5.73 Å². The standard InChI is InChI=1S/C17H18N2OS/c18-17(20)16-14-9-5-4-6-12(14)10-11-15(16)19-21-13-7-2-1-3-8-13/h1-3,7-8,10-11,19H,4-6,9H2,(H2,18,20). The van der Waals surface area contributed by atoms with Crippen molar-refractivity contribution in [2.45, 2.75) is 30.6 Å². The summed E-state index contributed by atoms with van der Waals surface area (Å²) in [5.41, 5.74) is 9.50. The Morgan fingerprint density at radius 2 is 1.81 bits per heavy atom. The van der Waals surface area contributed by atoms with Crippen LogP contribution in [0.15, 0.2) is 47.4 Å². The Hall–Kier alpha value is -1.94. The molecule has 2 aromatic carbocycles. The van der Waals surface area contributed by atoms with E-state index in [1.807, 2.05) is 36.4 Å². The van der Waals surface area contributed by atoms with Gasteiger partial charge in [-0.2, -0.15) is 0 Å². The van der Waals surface area contributed by atoms with Crippen molar-refractivity contribution in [3.63, 3.8) is 0 Å². The molecule has 3 N–H and O–H groups in total. The van der Waals surface area contributed by atoms with Crippen LogP contribution in [0.2, 0.25) is 0 Å². The molecule has 0 saturated carbocycles. The maximum absolute atomic E-state index is 11.9. The number of hydrogen-bond donors (Lipinski definition) is 2. The van der Waals surface area contributed by atoms with Crippen molar-refractivity contribution in [1.82, 2.24) is 0 Å². The third kappa shape index (κ3) is 3.05. The zero-order valence-electron chi connectivity index (χ0n) is 11.8. The molecule has 0 heterocycles. The molecule has 108 valence electrons. The van der Waals surface area contributed by atoms with Gasteiger partial charge in [-0.1, -0.05) is 24.3 Å². The molecule has 0 spiro atoms. The minimum absolute atomic E-state index is 0.343. The molecule has 3 nitrogen and oxygen atoms in total. The van der Waals surface area contributed by atoms with Gasteiger partial charge in [0.2, 0.25) is 0 Å². The lowest BCUT2D eigenvalue weighted by Gasteiger charge is -2.21. The number of hydrogen-bond acceptors (Lipinski definition) is 3. The molecule has 1 aliphatic rings. The largest absolute Gasteiger partial charge is 0.366 e. The zero-order chi connectivity index (χ0) is 14.7. The van der Waals surface area contributed by atoms with Crippen LogP contribution in [0, 0.1) is 0 Å². The maximum Gasteiger partial charge on any atom is 0.251 e. The Bertz CT molecular complexity index is 655. The highest BCUT2D eigenvalue weighted by Crippen LogP contribution is 2.32. The van der Waals surface area contributed by atoms with Crippen LogP contribution in [0.4, 0.5) is 5.69 Å². The monoisotopic (exact) mass is 298 g/mol. The van der Waals surface area contributed by atoms with E-state index in [0.717, 1.165) is 35.4 Å². The molecule has 0 aromatic heterocycles. The number of primary amides is 1. The normalized spacial score (nSPS) is 13.5. The molecule has 0 saturated heterocycles. The Balaban J connectivity index is 1.89. The summed E-state index contributed by atoms with van der Waals surface area (Å²) in [6.45, 7) is 0. The van der Waals surface area contributed by atoms with Crippen molar-refractivity contribution >= 4 is 23.5 Å². The van der Waals surface area contributed by atoms with E-state index >= 15 is 0 Å². The molecular weight excluding hydrogens is 280 g/mol. The SMILES string of the molecule is NC(=O)c1c(NSc2ccccc2)ccc2c1CCCC2. The highest BCUT2D eigenvalue weighted by atomic mass is 32.2. The van der Waals surface area contributed by atoms with Gasteiger partial charge in [-0.05, 0) is 67.0 Å². The summed E-state index contributed by atoms with van der Waals surface area (Å²) < 4.78 is 3.28. The van der Waals surface area contributed by atoms with Crippen molar-refractivity contribution in [3.8, 4) is 0 Å². The Kier molecular flexibility index (Phi) is 4.15. The summed E-state index contributed by atoms with van der Waals surface area (Å²) in [4.78, 5) is 13.0. The van der Waals surface area contributed by atoms with E-state index in [1.54, 1.807) is 0 Å². The van der Waals surface area contributed by atoms with Gasteiger partial charge >= 0.3 is 0 Å². The van der Waals surface area contributed by atoms with Crippen LogP contribution >= 0.6 is 11.9 Å². The fourth-order valence-electron chi connectivity index (χ4n) is 2.80. The number of nitrogens with one attached hydrogen (secondary N) is 1. The van der Waals surface area contributed by atoms with Gasteiger partial charge in [0.1, 0.15) is 0 Å². The molecule has 4 heteroatoms. The number of fused-ring (bicyclic) bond motifs is 1. The second-order valence-electron chi connectivity index (χ2n) is 5.21. The summed E-state index contributed by atoms with van der Waals surface area (Å²) in [5, 5.41) is 0. The lowest BCUT2D eigenvalue weighted by Crippen LogP contribution is -2.19. The first-order valence-corrected chi connectivity index (χ1v) is 8.00. The fourth-order valence-corrected chi connectivity index (χ4v) is 3.49. The topological polar surface area (TPSA) is 55.1 Å². The molecule has 0 atom stereocenters. The van der Waals surface area contributed by atoms with Gasteiger partial charge in [-0.3, -0.25) is 4.79 Å². The van der Waals surface area contributed by atoms with E-state index in [0.29, 0.717) is 5.56 Å². The van der Waals surface area contributed by atoms with Gasteiger partial charge in [0.05, 0.1) is 11.3 Å². The molecule has 1 amide bonds. The molecular formula is C17H18N2OS. The van der Waals surface area contributed by atoms with Gasteiger partial charge in [0, 0.05) is 4.90 Å². The van der Waals surface area contributed by atoms with Crippen molar-refractivity contribution in [3.05, 3.63) is 59.2 Å². The Morgan fingerprint density at radius 1 is 1.05 bits per heavy atom. The Morgan fingerprint density at radius 3 is 2.57 bits per heavy atom. The minimum atomic E-state index is -0.343. The predicted octanol–water partition coefficient (Wildman–Crippen LogP) is 3.78. The van der Waals surface area contributed by atoms with Crippen molar-refractivity contribution in [2.24, 2.45) is 5.73 Å². The first-order chi connectivity index (χ1) is 10.3. The van der Waals surface area contributed by atoms with Crippen molar-refractivity contribution in [2.75, 3.05) is 4.72 Å². The van der Waals surface area contributed by atoms with Crippen LogP contribution in [0.3, 0.4) is 0 Å². The number of nitrogens with two attached hydrogens (primary N) is 1. The number of benzene rings is 2. The average molecular weight is 298 g/mol. The van der Waals surface area contributed by atoms with Gasteiger partial charge in [0.25, 0.3) is 5.91 Å². The number of carbonyl (C=O) groups is 1. The average Bonchev–Trinajstić information content (AvgIpc) is 2.53. The number of anilines is 1. The van der Waals surface area contributed by atoms with Gasteiger partial charge in [0.15, 0.2) is 0 Å². The third-order valence-corrected chi connectivity index (χ3v) is 4.63. The summed E-state index contributed by atoms with van der Waals surface area (Å²) in [5.74, 6) is -0.343. The van der Waals surface area contributed by atoms with E-state index in [1.165, 1.54) is 23.9 Å². The maximum atomic E-state index is 11.9. The number of rotatable bonds is 4. The predicted molar refractivity (Wildman–Crippen MR) is 87.5 cm³/mol. The van der Waals surface area contributed by atoms with Crippen LogP contribution in [0.1, 0.15) is 34.3 Å². The molecule has 3 rings (SSSR count). The van der Waals surface area contributed by atoms with Crippen molar-refractivity contribution in [1.29, 1.82) is 0 Å². The number of amides is 1. The molecule has 21 heavy (non-hydrogen) atoms. The molecule has 0 fully saturated rings. The van der Waals surface area contributed by atoms with E-state index in [9.17, 15) is 4.79 Å². The highest BCUT2D eigenvalue weighted by Gasteiger charge is 2.20. The molecule has 0 unspecified atom stereocenters. The number of aryl methyl sites for hydroxylation is 1. The second kappa shape index (κ2) is 6.22. The molecule has 2 aromatic rings. The molecule has 0 aliphatic heterocycles. The molecule has 1 aliphatic carbocycles. The zero-order valence-corrected chi connectivity index (χ0v) is 12.6. The van der Waals surface area contributed by atoms with E-state index < -0.39 is 0 Å². The quantitative estimate of drug-likeness (QED) is 0.845. The highest BCUT2D eigenvalue weighted by molar-refractivity contribution is 8.00. The smallest absolute Gasteiger partial charge is 0.251 e. The first-order valence-electron chi connectivity index (χ1n) is 7.18. The van der Waals surface area contributed by atoms with Gasteiger partial charge in [-0.15, -0.1) is 0 Å². The summed E-state index contributed by atoms with van der Waals surface area (Å²) in [7, 11) is 0. The van der Waals surface area contributed by atoms with Crippen molar-refractivity contribution < 1.29 is 4.79 Å². The molecule has 0 bridgehead atoms. The third-order valence-electron chi connectivity index (χ3n) is 3.80. The van der Waals surface area contributed by atoms with E-state index in [2.05, 4.69) is 10.8 Å². The van der Waals surface area contributed by atoms with Crippen LogP contribution in [0.5, 0.6) is 0 Å². The van der Waals surface area contributed by atoms with Crippen LogP contribution in [0.25, 0.3) is 0 Å². The van der Waals surface area contributed by atoms with Gasteiger partial charge in [-0.25, -0.2) is 0 Å². The van der Waals surface area contributed by atoms with Crippen LogP contribution in [-0.4, -0.2) is 5.91 Å². The minimum Gasteiger partial charge on any atom is -0.366 e. The van der Waals surface area contributed by atoms with E-state index in [-0.39, 0.29) is 5.91 Å². The van der Waals surface area contributed by atoms with Crippen LogP contribution in [-0.2, 0) is 12.8 Å². The summed E-state index contributed by atoms with van der Waals surface area (Å²) in [6, 6.07) is 14.1. The molecule has 0 radical (unpaired) electrons. The Labute approximate surface area is 129 Å². The summed E-state index contributed by atoms with van der Waals surface area (Å²) >= 11 is 1.50. The fraction of sp³-hybridized carbons (Fsp3) is 0.235. The summed E-state index contributed by atoms with van der Waals surface area (Å²) in [6.07, 6.45) is 4.31.